The average Bonchev–Trinajstić information content (AvgIpc) is 3.10. The second-order valence-electron chi connectivity index (χ2n) is 6.15. The van der Waals surface area contributed by atoms with Crippen molar-refractivity contribution in [3.8, 4) is 22.9 Å². The number of nitrogens with zero attached hydrogens (tertiary/aromatic N) is 3. The summed E-state index contributed by atoms with van der Waals surface area (Å²) >= 11 is 0. The summed E-state index contributed by atoms with van der Waals surface area (Å²) in [6.07, 6.45) is 3.72. The first kappa shape index (κ1) is 17.3. The predicted molar refractivity (Wildman–Crippen MR) is 91.6 cm³/mol. The minimum atomic E-state index is 0.101. The SMILES string of the molecule is COc1ccc(-c2noc(C[C@H]3CCCCN3C(C)=O)n2)cc1OC. The summed E-state index contributed by atoms with van der Waals surface area (Å²) in [5, 5.41) is 4.07. The summed E-state index contributed by atoms with van der Waals surface area (Å²) in [6, 6.07) is 5.61. The molecule has 2 aromatic rings. The number of piperidine rings is 1. The third-order valence-electron chi connectivity index (χ3n) is 4.55. The van der Waals surface area contributed by atoms with Gasteiger partial charge in [-0.25, -0.2) is 0 Å². The number of ether oxygens (including phenoxy) is 2. The van der Waals surface area contributed by atoms with E-state index < -0.39 is 0 Å². The van der Waals surface area contributed by atoms with Crippen LogP contribution in [0.5, 0.6) is 11.5 Å². The Morgan fingerprint density at radius 3 is 2.80 bits per heavy atom. The highest BCUT2D eigenvalue weighted by Gasteiger charge is 2.26. The van der Waals surface area contributed by atoms with Crippen LogP contribution in [-0.2, 0) is 11.2 Å². The lowest BCUT2D eigenvalue weighted by Crippen LogP contribution is -2.43. The van der Waals surface area contributed by atoms with Crippen LogP contribution in [0.1, 0.15) is 32.1 Å². The molecule has 1 aromatic heterocycles. The number of methoxy groups -OCH3 is 2. The summed E-state index contributed by atoms with van der Waals surface area (Å²) in [6.45, 7) is 2.41. The fraction of sp³-hybridized carbons (Fsp3) is 0.500. The van der Waals surface area contributed by atoms with Crippen LogP contribution in [0.4, 0.5) is 0 Å². The van der Waals surface area contributed by atoms with Gasteiger partial charge in [-0.2, -0.15) is 4.98 Å². The lowest BCUT2D eigenvalue weighted by molar-refractivity contribution is -0.132. The van der Waals surface area contributed by atoms with E-state index in [1.165, 1.54) is 0 Å². The first-order valence-corrected chi connectivity index (χ1v) is 8.44. The van der Waals surface area contributed by atoms with E-state index in [9.17, 15) is 4.79 Å². The Kier molecular flexibility index (Phi) is 5.21. The van der Waals surface area contributed by atoms with Gasteiger partial charge in [0.2, 0.25) is 17.6 Å². The molecular weight excluding hydrogens is 322 g/mol. The zero-order valence-corrected chi connectivity index (χ0v) is 14.8. The second kappa shape index (κ2) is 7.55. The highest BCUT2D eigenvalue weighted by Crippen LogP contribution is 2.31. The molecule has 1 amide bonds. The highest BCUT2D eigenvalue weighted by atomic mass is 16.5. The highest BCUT2D eigenvalue weighted by molar-refractivity contribution is 5.73. The standard InChI is InChI=1S/C18H23N3O4/c1-12(22)21-9-5-4-6-14(21)11-17-19-18(20-25-17)13-7-8-15(23-2)16(10-13)24-3/h7-8,10,14H,4-6,9,11H2,1-3H3/t14-/m1/s1. The Morgan fingerprint density at radius 2 is 2.08 bits per heavy atom. The molecule has 0 bridgehead atoms. The molecule has 1 aromatic carbocycles. The zero-order valence-electron chi connectivity index (χ0n) is 14.8. The van der Waals surface area contributed by atoms with E-state index in [2.05, 4.69) is 10.1 Å². The minimum absolute atomic E-state index is 0.101. The number of carbonyl (C=O) groups excluding carboxylic acids is 1. The van der Waals surface area contributed by atoms with Crippen molar-refractivity contribution in [2.75, 3.05) is 20.8 Å². The molecule has 1 saturated heterocycles. The predicted octanol–water partition coefficient (Wildman–Crippen LogP) is 2.70. The Labute approximate surface area is 146 Å². The van der Waals surface area contributed by atoms with Crippen LogP contribution in [0.2, 0.25) is 0 Å². The number of amides is 1. The molecule has 0 saturated carbocycles. The third-order valence-corrected chi connectivity index (χ3v) is 4.55. The summed E-state index contributed by atoms with van der Waals surface area (Å²) in [4.78, 5) is 18.2. The molecular formula is C18H23N3O4. The molecule has 0 unspecified atom stereocenters. The van der Waals surface area contributed by atoms with Gasteiger partial charge < -0.3 is 18.9 Å². The van der Waals surface area contributed by atoms with Crippen LogP contribution < -0.4 is 9.47 Å². The lowest BCUT2D eigenvalue weighted by atomic mass is 9.99. The summed E-state index contributed by atoms with van der Waals surface area (Å²) < 4.78 is 16.0. The van der Waals surface area contributed by atoms with Crippen molar-refractivity contribution in [2.45, 2.75) is 38.6 Å². The quantitative estimate of drug-likeness (QED) is 0.829. The van der Waals surface area contributed by atoms with Crippen molar-refractivity contribution in [1.82, 2.24) is 15.0 Å². The number of carbonyl (C=O) groups is 1. The summed E-state index contributed by atoms with van der Waals surface area (Å²) in [5.41, 5.74) is 0.791. The number of hydrogen-bond donors (Lipinski definition) is 0. The normalized spacial score (nSPS) is 17.4. The number of likely N-dealkylation sites (tertiary alicyclic amines) is 1. The van der Waals surface area contributed by atoms with Gasteiger partial charge in [0, 0.05) is 31.5 Å². The molecule has 3 rings (SSSR count). The van der Waals surface area contributed by atoms with Crippen LogP contribution in [0.15, 0.2) is 22.7 Å². The molecule has 0 radical (unpaired) electrons. The smallest absolute Gasteiger partial charge is 0.229 e. The van der Waals surface area contributed by atoms with E-state index in [1.54, 1.807) is 21.1 Å². The second-order valence-corrected chi connectivity index (χ2v) is 6.15. The molecule has 7 heteroatoms. The van der Waals surface area contributed by atoms with Crippen molar-refractivity contribution in [1.29, 1.82) is 0 Å². The number of benzene rings is 1. The van der Waals surface area contributed by atoms with Gasteiger partial charge in [-0.3, -0.25) is 4.79 Å². The van der Waals surface area contributed by atoms with Gasteiger partial charge in [0.25, 0.3) is 0 Å². The molecule has 2 heterocycles. The summed E-state index contributed by atoms with van der Waals surface area (Å²) in [7, 11) is 3.18. The molecule has 7 nitrogen and oxygen atoms in total. The van der Waals surface area contributed by atoms with E-state index in [1.807, 2.05) is 23.1 Å². The number of rotatable bonds is 5. The minimum Gasteiger partial charge on any atom is -0.493 e. The molecule has 134 valence electrons. The Hall–Kier alpha value is -2.57. The maximum atomic E-state index is 11.8. The van der Waals surface area contributed by atoms with Gasteiger partial charge in [0.15, 0.2) is 11.5 Å². The van der Waals surface area contributed by atoms with Gasteiger partial charge in [-0.05, 0) is 37.5 Å². The molecule has 1 aliphatic rings. The van der Waals surface area contributed by atoms with Gasteiger partial charge >= 0.3 is 0 Å². The van der Waals surface area contributed by atoms with Crippen LogP contribution in [-0.4, -0.2) is 47.8 Å². The summed E-state index contributed by atoms with van der Waals surface area (Å²) in [5.74, 6) is 2.41. The molecule has 0 spiro atoms. The zero-order chi connectivity index (χ0) is 17.8. The van der Waals surface area contributed by atoms with E-state index in [0.717, 1.165) is 31.4 Å². The van der Waals surface area contributed by atoms with Gasteiger partial charge in [0.1, 0.15) is 0 Å². The van der Waals surface area contributed by atoms with Crippen molar-refractivity contribution >= 4 is 5.91 Å². The average molecular weight is 345 g/mol. The largest absolute Gasteiger partial charge is 0.493 e. The third kappa shape index (κ3) is 3.75. The van der Waals surface area contributed by atoms with Crippen molar-refractivity contribution in [2.24, 2.45) is 0 Å². The van der Waals surface area contributed by atoms with E-state index in [-0.39, 0.29) is 11.9 Å². The molecule has 1 atom stereocenters. The maximum absolute atomic E-state index is 11.8. The lowest BCUT2D eigenvalue weighted by Gasteiger charge is -2.34. The fourth-order valence-corrected chi connectivity index (χ4v) is 3.26. The first-order valence-electron chi connectivity index (χ1n) is 8.44. The van der Waals surface area contributed by atoms with E-state index in [4.69, 9.17) is 14.0 Å². The van der Waals surface area contributed by atoms with Crippen LogP contribution in [0, 0.1) is 0 Å². The Bertz CT molecular complexity index is 744. The Morgan fingerprint density at radius 1 is 1.28 bits per heavy atom. The number of aromatic nitrogens is 2. The molecule has 0 aliphatic carbocycles. The van der Waals surface area contributed by atoms with E-state index >= 15 is 0 Å². The van der Waals surface area contributed by atoms with Crippen LogP contribution >= 0.6 is 0 Å². The molecule has 0 N–H and O–H groups in total. The molecule has 1 aliphatic heterocycles. The van der Waals surface area contributed by atoms with Gasteiger partial charge in [0.05, 0.1) is 14.2 Å². The van der Waals surface area contributed by atoms with Crippen molar-refractivity contribution in [3.05, 3.63) is 24.1 Å². The Balaban J connectivity index is 1.77. The fourth-order valence-electron chi connectivity index (χ4n) is 3.26. The van der Waals surface area contributed by atoms with E-state index in [0.29, 0.717) is 29.6 Å². The number of hydrogen-bond acceptors (Lipinski definition) is 6. The maximum Gasteiger partial charge on any atom is 0.229 e. The van der Waals surface area contributed by atoms with Crippen LogP contribution in [0.3, 0.4) is 0 Å². The van der Waals surface area contributed by atoms with Crippen molar-refractivity contribution < 1.29 is 18.8 Å². The van der Waals surface area contributed by atoms with Crippen LogP contribution in [0.25, 0.3) is 11.4 Å². The first-order chi connectivity index (χ1) is 12.1. The molecule has 1 fully saturated rings. The van der Waals surface area contributed by atoms with Gasteiger partial charge in [-0.1, -0.05) is 5.16 Å². The van der Waals surface area contributed by atoms with Gasteiger partial charge in [-0.15, -0.1) is 0 Å². The monoisotopic (exact) mass is 345 g/mol. The van der Waals surface area contributed by atoms with Crippen molar-refractivity contribution in [3.63, 3.8) is 0 Å². The molecule has 25 heavy (non-hydrogen) atoms. The topological polar surface area (TPSA) is 77.7 Å².